The van der Waals surface area contributed by atoms with Gasteiger partial charge in [-0.1, -0.05) is 153 Å². The molecule has 47 heavy (non-hydrogen) atoms. The summed E-state index contributed by atoms with van der Waals surface area (Å²) in [6.45, 7) is 9.17. The van der Waals surface area contributed by atoms with Crippen molar-refractivity contribution in [2.45, 2.75) is 72.6 Å². The van der Waals surface area contributed by atoms with Crippen molar-refractivity contribution >= 4 is 0 Å². The molecule has 0 heterocycles. The lowest BCUT2D eigenvalue weighted by molar-refractivity contribution is 0.611. The quantitative estimate of drug-likeness (QED) is 0.121. The van der Waals surface area contributed by atoms with Gasteiger partial charge in [0.05, 0.1) is 0 Å². The molecule has 0 bridgehead atoms. The maximum absolute atomic E-state index is 2.38. The molecule has 0 radical (unpaired) electrons. The van der Waals surface area contributed by atoms with Gasteiger partial charge in [-0.05, 0) is 131 Å². The number of unbranched alkanes of at least 4 members (excludes halogenated alkanes) is 4. The van der Waals surface area contributed by atoms with E-state index in [0.29, 0.717) is 0 Å². The van der Waals surface area contributed by atoms with Crippen LogP contribution in [0.5, 0.6) is 0 Å². The fourth-order valence-electron chi connectivity index (χ4n) is 7.21. The Morgan fingerprint density at radius 1 is 0.277 bits per heavy atom. The van der Waals surface area contributed by atoms with Crippen molar-refractivity contribution in [3.63, 3.8) is 0 Å². The van der Waals surface area contributed by atoms with Crippen LogP contribution in [0.3, 0.4) is 0 Å². The van der Waals surface area contributed by atoms with E-state index in [1.54, 1.807) is 0 Å². The summed E-state index contributed by atoms with van der Waals surface area (Å²) in [5.74, 6) is 0. The average molecular weight is 613 g/mol. The van der Waals surface area contributed by atoms with E-state index in [4.69, 9.17) is 0 Å². The van der Waals surface area contributed by atoms with Crippen molar-refractivity contribution in [2.24, 2.45) is 0 Å². The molecule has 236 valence electrons. The highest BCUT2D eigenvalue weighted by atomic mass is 14.1. The molecule has 0 aliphatic heterocycles. The Bertz CT molecular complexity index is 1700. The SMILES string of the molecule is Cc1cc(-c2ccc(-c3ccccc3)cc2)cc(C)c1CCCCCCCc1c(C)cc(-c2ccc(-c3ccccc3)cc2)cc1C. The predicted molar refractivity (Wildman–Crippen MR) is 204 cm³/mol. The normalized spacial score (nSPS) is 11.1. The lowest BCUT2D eigenvalue weighted by Crippen LogP contribution is -1.97. The average Bonchev–Trinajstić information content (AvgIpc) is 3.10. The van der Waals surface area contributed by atoms with Gasteiger partial charge in [0, 0.05) is 0 Å². The second kappa shape index (κ2) is 15.3. The van der Waals surface area contributed by atoms with Gasteiger partial charge in [-0.3, -0.25) is 0 Å². The zero-order valence-corrected chi connectivity index (χ0v) is 28.7. The highest BCUT2D eigenvalue weighted by Crippen LogP contribution is 2.31. The van der Waals surface area contributed by atoms with Crippen molar-refractivity contribution in [2.75, 3.05) is 0 Å². The molecule has 6 aromatic rings. The predicted octanol–water partition coefficient (Wildman–Crippen LogP) is 13.3. The van der Waals surface area contributed by atoms with Crippen LogP contribution in [-0.4, -0.2) is 0 Å². The first-order valence-corrected chi connectivity index (χ1v) is 17.5. The molecule has 0 heteroatoms. The van der Waals surface area contributed by atoms with Gasteiger partial charge in [0.25, 0.3) is 0 Å². The smallest absolute Gasteiger partial charge is 0.0179 e. The Labute approximate surface area is 283 Å². The van der Waals surface area contributed by atoms with Gasteiger partial charge < -0.3 is 0 Å². The van der Waals surface area contributed by atoms with Crippen LogP contribution in [0.2, 0.25) is 0 Å². The zero-order chi connectivity index (χ0) is 32.6. The van der Waals surface area contributed by atoms with Gasteiger partial charge in [-0.2, -0.15) is 0 Å². The highest BCUT2D eigenvalue weighted by Gasteiger charge is 2.10. The van der Waals surface area contributed by atoms with E-state index < -0.39 is 0 Å². The summed E-state index contributed by atoms with van der Waals surface area (Å²) in [5.41, 5.74) is 19.1. The number of benzene rings is 6. The van der Waals surface area contributed by atoms with Crippen molar-refractivity contribution in [1.29, 1.82) is 0 Å². The molecular weight excluding hydrogens is 565 g/mol. The minimum absolute atomic E-state index is 1.18. The summed E-state index contributed by atoms with van der Waals surface area (Å²) in [6, 6.07) is 48.8. The van der Waals surface area contributed by atoms with Gasteiger partial charge in [0.2, 0.25) is 0 Å². The third kappa shape index (κ3) is 8.01. The second-order valence-corrected chi connectivity index (χ2v) is 13.3. The topological polar surface area (TPSA) is 0 Å². The van der Waals surface area contributed by atoms with Gasteiger partial charge in [-0.25, -0.2) is 0 Å². The zero-order valence-electron chi connectivity index (χ0n) is 28.7. The first-order valence-electron chi connectivity index (χ1n) is 17.5. The molecule has 0 nitrogen and oxygen atoms in total. The van der Waals surface area contributed by atoms with Crippen molar-refractivity contribution < 1.29 is 0 Å². The Morgan fingerprint density at radius 2 is 0.532 bits per heavy atom. The van der Waals surface area contributed by atoms with Gasteiger partial charge in [0.1, 0.15) is 0 Å². The number of rotatable bonds is 12. The summed E-state index contributed by atoms with van der Waals surface area (Å²) >= 11 is 0. The fraction of sp³-hybridized carbons (Fsp3) is 0.234. The molecule has 0 saturated carbocycles. The molecule has 6 aromatic carbocycles. The third-order valence-electron chi connectivity index (χ3n) is 9.90. The summed E-state index contributed by atoms with van der Waals surface area (Å²) in [6.07, 6.45) is 8.81. The number of hydrogen-bond donors (Lipinski definition) is 0. The van der Waals surface area contributed by atoms with E-state index >= 15 is 0 Å². The summed E-state index contributed by atoms with van der Waals surface area (Å²) in [7, 11) is 0. The molecule has 0 atom stereocenters. The molecule has 0 aliphatic carbocycles. The van der Waals surface area contributed by atoms with Crippen LogP contribution in [-0.2, 0) is 12.8 Å². The van der Waals surface area contributed by atoms with Crippen LogP contribution in [0.25, 0.3) is 44.5 Å². The minimum atomic E-state index is 1.18. The van der Waals surface area contributed by atoms with Crippen molar-refractivity contribution in [3.05, 3.63) is 167 Å². The first-order chi connectivity index (χ1) is 23.0. The van der Waals surface area contributed by atoms with Gasteiger partial charge in [0.15, 0.2) is 0 Å². The Hall–Kier alpha value is -4.68. The highest BCUT2D eigenvalue weighted by molar-refractivity contribution is 5.73. The van der Waals surface area contributed by atoms with Crippen LogP contribution in [0.1, 0.15) is 65.5 Å². The minimum Gasteiger partial charge on any atom is -0.0622 e. The van der Waals surface area contributed by atoms with Crippen LogP contribution < -0.4 is 0 Å². The van der Waals surface area contributed by atoms with Crippen molar-refractivity contribution in [3.8, 4) is 44.5 Å². The van der Waals surface area contributed by atoms with E-state index in [1.165, 1.54) is 123 Å². The lowest BCUT2D eigenvalue weighted by atomic mass is 9.91. The second-order valence-electron chi connectivity index (χ2n) is 13.3. The monoisotopic (exact) mass is 612 g/mol. The summed E-state index contributed by atoms with van der Waals surface area (Å²) < 4.78 is 0. The molecule has 0 unspecified atom stereocenters. The molecule has 0 saturated heterocycles. The molecule has 0 fully saturated rings. The number of aryl methyl sites for hydroxylation is 4. The van der Waals surface area contributed by atoms with E-state index in [0.717, 1.165) is 0 Å². The molecule has 6 rings (SSSR count). The Balaban J connectivity index is 0.965. The molecule has 0 N–H and O–H groups in total. The number of hydrogen-bond acceptors (Lipinski definition) is 0. The fourth-order valence-corrected chi connectivity index (χ4v) is 7.21. The molecular formula is C47H48. The van der Waals surface area contributed by atoms with Crippen LogP contribution in [0.15, 0.2) is 133 Å². The molecule has 0 aromatic heterocycles. The first kappa shape index (κ1) is 32.3. The van der Waals surface area contributed by atoms with E-state index in [2.05, 4.69) is 161 Å². The van der Waals surface area contributed by atoms with Crippen molar-refractivity contribution in [1.82, 2.24) is 0 Å². The third-order valence-corrected chi connectivity index (χ3v) is 9.90. The lowest BCUT2D eigenvalue weighted by Gasteiger charge is -2.14. The standard InChI is InChI=1S/C47H48/c1-34-30-44(42-26-22-40(23-27-42)38-16-10-8-11-17-38)31-35(2)46(34)20-14-6-5-7-15-21-47-36(3)32-45(33-37(47)4)43-28-24-41(25-29-43)39-18-12-9-13-19-39/h8-13,16-19,22-33H,5-7,14-15,20-21H2,1-4H3. The Morgan fingerprint density at radius 3 is 0.851 bits per heavy atom. The van der Waals surface area contributed by atoms with Crippen LogP contribution in [0, 0.1) is 27.7 Å². The van der Waals surface area contributed by atoms with Gasteiger partial charge in [-0.15, -0.1) is 0 Å². The van der Waals surface area contributed by atoms with Gasteiger partial charge >= 0.3 is 0 Å². The summed E-state index contributed by atoms with van der Waals surface area (Å²) in [5, 5.41) is 0. The van der Waals surface area contributed by atoms with Crippen LogP contribution >= 0.6 is 0 Å². The van der Waals surface area contributed by atoms with E-state index in [9.17, 15) is 0 Å². The largest absolute Gasteiger partial charge is 0.0622 e. The molecule has 0 aliphatic rings. The molecule has 0 amide bonds. The molecule has 0 spiro atoms. The van der Waals surface area contributed by atoms with E-state index in [1.807, 2.05) is 0 Å². The Kier molecular flexibility index (Phi) is 10.5. The summed E-state index contributed by atoms with van der Waals surface area (Å²) in [4.78, 5) is 0. The maximum Gasteiger partial charge on any atom is -0.0179 e. The van der Waals surface area contributed by atoms with E-state index in [-0.39, 0.29) is 0 Å². The van der Waals surface area contributed by atoms with Crippen LogP contribution in [0.4, 0.5) is 0 Å². The maximum atomic E-state index is 2.38.